The van der Waals surface area contributed by atoms with Crippen molar-refractivity contribution in [2.75, 3.05) is 32.7 Å². The first-order chi connectivity index (χ1) is 7.99. The molecule has 1 rings (SSSR count). The standard InChI is InChI=1S/C14H30N2O/c1-6-14(5,10-15-7-2)11-16-8-12(3)17-13(4)9-16/h12-13,15H,6-11H2,1-5H3/t12-,13+,14?. The maximum absolute atomic E-state index is 5.79. The van der Waals surface area contributed by atoms with Crippen molar-refractivity contribution in [1.29, 1.82) is 0 Å². The van der Waals surface area contributed by atoms with Crippen LogP contribution in [-0.4, -0.2) is 49.8 Å². The summed E-state index contributed by atoms with van der Waals surface area (Å²) < 4.78 is 5.79. The minimum absolute atomic E-state index is 0.374. The van der Waals surface area contributed by atoms with Crippen LogP contribution in [0.4, 0.5) is 0 Å². The van der Waals surface area contributed by atoms with Gasteiger partial charge in [-0.05, 0) is 32.2 Å². The fourth-order valence-corrected chi connectivity index (χ4v) is 2.67. The van der Waals surface area contributed by atoms with E-state index in [0.29, 0.717) is 17.6 Å². The van der Waals surface area contributed by atoms with Gasteiger partial charge in [-0.2, -0.15) is 0 Å². The van der Waals surface area contributed by atoms with Crippen LogP contribution in [0.3, 0.4) is 0 Å². The van der Waals surface area contributed by atoms with Crippen molar-refractivity contribution < 1.29 is 4.74 Å². The molecule has 0 aromatic heterocycles. The Labute approximate surface area is 107 Å². The van der Waals surface area contributed by atoms with E-state index >= 15 is 0 Å². The summed E-state index contributed by atoms with van der Waals surface area (Å²) in [6.45, 7) is 16.7. The van der Waals surface area contributed by atoms with Crippen molar-refractivity contribution in [3.63, 3.8) is 0 Å². The van der Waals surface area contributed by atoms with Crippen LogP contribution in [0.5, 0.6) is 0 Å². The normalized spacial score (nSPS) is 30.2. The maximum Gasteiger partial charge on any atom is 0.0678 e. The molecule has 0 bridgehead atoms. The van der Waals surface area contributed by atoms with Gasteiger partial charge in [-0.15, -0.1) is 0 Å². The van der Waals surface area contributed by atoms with Gasteiger partial charge in [0.05, 0.1) is 12.2 Å². The van der Waals surface area contributed by atoms with Gasteiger partial charge in [-0.3, -0.25) is 4.90 Å². The highest BCUT2D eigenvalue weighted by atomic mass is 16.5. The van der Waals surface area contributed by atoms with E-state index in [1.165, 1.54) is 13.0 Å². The summed E-state index contributed by atoms with van der Waals surface area (Å²) in [7, 11) is 0. The zero-order valence-electron chi connectivity index (χ0n) is 12.3. The largest absolute Gasteiger partial charge is 0.373 e. The number of nitrogens with one attached hydrogen (secondary N) is 1. The Bertz CT molecular complexity index is 212. The van der Waals surface area contributed by atoms with E-state index in [9.17, 15) is 0 Å². The highest BCUT2D eigenvalue weighted by Gasteiger charge is 2.29. The van der Waals surface area contributed by atoms with E-state index in [1.807, 2.05) is 0 Å². The molecule has 1 aliphatic heterocycles. The van der Waals surface area contributed by atoms with Crippen molar-refractivity contribution >= 4 is 0 Å². The molecule has 3 heteroatoms. The van der Waals surface area contributed by atoms with Crippen LogP contribution in [-0.2, 0) is 4.74 Å². The minimum atomic E-state index is 0.374. The van der Waals surface area contributed by atoms with Crippen molar-refractivity contribution in [3.05, 3.63) is 0 Å². The molecule has 3 nitrogen and oxygen atoms in total. The van der Waals surface area contributed by atoms with Gasteiger partial charge in [-0.1, -0.05) is 20.8 Å². The summed E-state index contributed by atoms with van der Waals surface area (Å²) in [6, 6.07) is 0. The molecule has 0 amide bonds. The van der Waals surface area contributed by atoms with Crippen molar-refractivity contribution in [3.8, 4) is 0 Å². The molecule has 0 aliphatic carbocycles. The molecule has 1 fully saturated rings. The van der Waals surface area contributed by atoms with Gasteiger partial charge in [0.15, 0.2) is 0 Å². The summed E-state index contributed by atoms with van der Waals surface area (Å²) in [5.41, 5.74) is 0.382. The highest BCUT2D eigenvalue weighted by Crippen LogP contribution is 2.23. The molecular formula is C14H30N2O. The van der Waals surface area contributed by atoms with Crippen LogP contribution >= 0.6 is 0 Å². The second kappa shape index (κ2) is 6.72. The summed E-state index contributed by atoms with van der Waals surface area (Å²) in [4.78, 5) is 2.57. The predicted octanol–water partition coefficient (Wildman–Crippen LogP) is 2.12. The van der Waals surface area contributed by atoms with Crippen molar-refractivity contribution in [2.24, 2.45) is 5.41 Å². The third-order valence-corrected chi connectivity index (χ3v) is 3.76. The second-order valence-electron chi connectivity index (χ2n) is 5.90. The number of morpholine rings is 1. The molecule has 0 aromatic rings. The lowest BCUT2D eigenvalue weighted by atomic mass is 9.86. The van der Waals surface area contributed by atoms with Gasteiger partial charge in [0.2, 0.25) is 0 Å². The molecule has 0 aromatic carbocycles. The predicted molar refractivity (Wildman–Crippen MR) is 73.4 cm³/mol. The topological polar surface area (TPSA) is 24.5 Å². The molecule has 0 saturated carbocycles. The summed E-state index contributed by atoms with van der Waals surface area (Å²) in [5, 5.41) is 3.49. The van der Waals surface area contributed by atoms with Crippen molar-refractivity contribution in [2.45, 2.75) is 53.2 Å². The summed E-state index contributed by atoms with van der Waals surface area (Å²) >= 11 is 0. The molecule has 1 unspecified atom stereocenters. The first-order valence-corrected chi connectivity index (χ1v) is 7.07. The molecule has 102 valence electrons. The Morgan fingerprint density at radius 1 is 1.24 bits per heavy atom. The number of nitrogens with zero attached hydrogens (tertiary/aromatic N) is 1. The molecule has 1 heterocycles. The Morgan fingerprint density at radius 3 is 2.29 bits per heavy atom. The van der Waals surface area contributed by atoms with Crippen LogP contribution in [0.15, 0.2) is 0 Å². The second-order valence-corrected chi connectivity index (χ2v) is 5.90. The first-order valence-electron chi connectivity index (χ1n) is 7.07. The van der Waals surface area contributed by atoms with Gasteiger partial charge in [0.25, 0.3) is 0 Å². The molecule has 17 heavy (non-hydrogen) atoms. The van der Waals surface area contributed by atoms with E-state index in [4.69, 9.17) is 4.74 Å². The average Bonchev–Trinajstić information content (AvgIpc) is 2.25. The highest BCUT2D eigenvalue weighted by molar-refractivity contribution is 4.83. The van der Waals surface area contributed by atoms with E-state index in [-0.39, 0.29) is 0 Å². The van der Waals surface area contributed by atoms with Crippen LogP contribution in [0, 0.1) is 5.41 Å². The van der Waals surface area contributed by atoms with E-state index in [2.05, 4.69) is 44.8 Å². The minimum Gasteiger partial charge on any atom is -0.373 e. The Kier molecular flexibility index (Phi) is 5.90. The molecule has 3 atom stereocenters. The maximum atomic E-state index is 5.79. The van der Waals surface area contributed by atoms with E-state index in [0.717, 1.165) is 26.2 Å². The van der Waals surface area contributed by atoms with Gasteiger partial charge in [0.1, 0.15) is 0 Å². The van der Waals surface area contributed by atoms with Gasteiger partial charge in [0, 0.05) is 26.2 Å². The Hall–Kier alpha value is -0.120. The molecule has 1 aliphatic rings. The molecular weight excluding hydrogens is 212 g/mol. The zero-order chi connectivity index (χ0) is 12.9. The summed E-state index contributed by atoms with van der Waals surface area (Å²) in [6.07, 6.45) is 1.97. The zero-order valence-corrected chi connectivity index (χ0v) is 12.3. The monoisotopic (exact) mass is 242 g/mol. The van der Waals surface area contributed by atoms with Crippen molar-refractivity contribution in [1.82, 2.24) is 10.2 Å². The molecule has 0 spiro atoms. The Balaban J connectivity index is 2.48. The van der Waals surface area contributed by atoms with Crippen LogP contribution in [0.25, 0.3) is 0 Å². The quantitative estimate of drug-likeness (QED) is 0.772. The molecule has 1 N–H and O–H groups in total. The van der Waals surface area contributed by atoms with Gasteiger partial charge < -0.3 is 10.1 Å². The van der Waals surface area contributed by atoms with E-state index < -0.39 is 0 Å². The third-order valence-electron chi connectivity index (χ3n) is 3.76. The fraction of sp³-hybridized carbons (Fsp3) is 1.00. The van der Waals surface area contributed by atoms with E-state index in [1.54, 1.807) is 0 Å². The smallest absolute Gasteiger partial charge is 0.0678 e. The summed E-state index contributed by atoms with van der Waals surface area (Å²) in [5.74, 6) is 0. The lowest BCUT2D eigenvalue weighted by molar-refractivity contribution is -0.0768. The Morgan fingerprint density at radius 2 is 1.82 bits per heavy atom. The molecule has 0 radical (unpaired) electrons. The SMILES string of the molecule is CCNCC(C)(CC)CN1C[C@@H](C)O[C@@H](C)C1. The number of hydrogen-bond donors (Lipinski definition) is 1. The lowest BCUT2D eigenvalue weighted by Gasteiger charge is -2.41. The van der Waals surface area contributed by atoms with Crippen LogP contribution in [0.1, 0.15) is 41.0 Å². The van der Waals surface area contributed by atoms with Gasteiger partial charge >= 0.3 is 0 Å². The number of hydrogen-bond acceptors (Lipinski definition) is 3. The lowest BCUT2D eigenvalue weighted by Crippen LogP contribution is -2.50. The van der Waals surface area contributed by atoms with Crippen LogP contribution < -0.4 is 5.32 Å². The number of rotatable bonds is 6. The number of ether oxygens (including phenoxy) is 1. The van der Waals surface area contributed by atoms with Gasteiger partial charge in [-0.25, -0.2) is 0 Å². The fourth-order valence-electron chi connectivity index (χ4n) is 2.67. The third kappa shape index (κ3) is 4.94. The van der Waals surface area contributed by atoms with Crippen LogP contribution in [0.2, 0.25) is 0 Å². The average molecular weight is 242 g/mol. The first kappa shape index (κ1) is 14.9. The molecule has 1 saturated heterocycles.